The summed E-state index contributed by atoms with van der Waals surface area (Å²) in [4.78, 5) is 14.6. The summed E-state index contributed by atoms with van der Waals surface area (Å²) in [7, 11) is 0. The van der Waals surface area contributed by atoms with E-state index in [-0.39, 0.29) is 11.9 Å². The van der Waals surface area contributed by atoms with Crippen LogP contribution in [0.25, 0.3) is 11.0 Å². The minimum atomic E-state index is 0.171. The predicted molar refractivity (Wildman–Crippen MR) is 87.7 cm³/mol. The van der Waals surface area contributed by atoms with Crippen LogP contribution in [0.2, 0.25) is 0 Å². The van der Waals surface area contributed by atoms with Crippen LogP contribution >= 0.6 is 0 Å². The fraction of sp³-hybridized carbons (Fsp3) is 0.500. The number of nitrogens with zero attached hydrogens (tertiary/aromatic N) is 1. The summed E-state index contributed by atoms with van der Waals surface area (Å²) in [6.45, 7) is 7.70. The monoisotopic (exact) mass is 300 g/mol. The molecule has 1 aliphatic heterocycles. The lowest BCUT2D eigenvalue weighted by Gasteiger charge is -2.21. The second-order valence-corrected chi connectivity index (χ2v) is 6.60. The summed E-state index contributed by atoms with van der Waals surface area (Å²) >= 11 is 0. The van der Waals surface area contributed by atoms with Crippen molar-refractivity contribution in [3.8, 4) is 0 Å². The smallest absolute Gasteiger partial charge is 0.227 e. The van der Waals surface area contributed by atoms with Gasteiger partial charge in [-0.15, -0.1) is 0 Å². The largest absolute Gasteiger partial charge is 0.464 e. The van der Waals surface area contributed by atoms with Gasteiger partial charge < -0.3 is 15.1 Å². The molecule has 2 aromatic rings. The quantitative estimate of drug-likeness (QED) is 0.948. The van der Waals surface area contributed by atoms with Gasteiger partial charge in [0.05, 0.1) is 12.7 Å². The fourth-order valence-corrected chi connectivity index (χ4v) is 3.40. The summed E-state index contributed by atoms with van der Waals surface area (Å²) in [5.41, 5.74) is 10.0. The van der Waals surface area contributed by atoms with Gasteiger partial charge in [0.2, 0.25) is 5.91 Å². The maximum absolute atomic E-state index is 12.6. The Morgan fingerprint density at radius 3 is 2.77 bits per heavy atom. The molecule has 118 valence electrons. The Kier molecular flexibility index (Phi) is 3.96. The molecule has 1 aliphatic rings. The number of fused-ring (bicyclic) bond motifs is 1. The number of aryl methyl sites for hydroxylation is 2. The van der Waals surface area contributed by atoms with Crippen molar-refractivity contribution in [1.82, 2.24) is 4.90 Å². The SMILES string of the molecule is Cc1cc2occ(CC(=O)N3CC(CN)CC3C)c2cc1C. The Morgan fingerprint density at radius 1 is 1.36 bits per heavy atom. The van der Waals surface area contributed by atoms with Gasteiger partial charge in [0.25, 0.3) is 0 Å². The molecular formula is C18H24N2O2. The average Bonchev–Trinajstić information content (AvgIpc) is 3.04. The molecule has 1 fully saturated rings. The second-order valence-electron chi connectivity index (χ2n) is 6.60. The molecule has 0 aliphatic carbocycles. The zero-order valence-electron chi connectivity index (χ0n) is 13.6. The Bertz CT molecular complexity index is 704. The van der Waals surface area contributed by atoms with E-state index in [1.54, 1.807) is 6.26 Å². The number of benzene rings is 1. The molecule has 1 saturated heterocycles. The summed E-state index contributed by atoms with van der Waals surface area (Å²) in [5.74, 6) is 0.606. The summed E-state index contributed by atoms with van der Waals surface area (Å²) in [6, 6.07) is 4.44. The molecule has 0 radical (unpaired) electrons. The number of amides is 1. The van der Waals surface area contributed by atoms with Crippen molar-refractivity contribution in [3.63, 3.8) is 0 Å². The molecule has 2 unspecified atom stereocenters. The lowest BCUT2D eigenvalue weighted by atomic mass is 10.0. The summed E-state index contributed by atoms with van der Waals surface area (Å²) in [5, 5.41) is 1.05. The third-order valence-electron chi connectivity index (χ3n) is 4.93. The Hall–Kier alpha value is -1.81. The van der Waals surface area contributed by atoms with Gasteiger partial charge in [-0.25, -0.2) is 0 Å². The number of rotatable bonds is 3. The predicted octanol–water partition coefficient (Wildman–Crippen LogP) is 2.79. The topological polar surface area (TPSA) is 59.5 Å². The van der Waals surface area contributed by atoms with Gasteiger partial charge in [0.15, 0.2) is 0 Å². The van der Waals surface area contributed by atoms with Gasteiger partial charge in [-0.05, 0) is 62.9 Å². The van der Waals surface area contributed by atoms with Crippen LogP contribution in [0.3, 0.4) is 0 Å². The highest BCUT2D eigenvalue weighted by Gasteiger charge is 2.31. The molecule has 0 bridgehead atoms. The Morgan fingerprint density at radius 2 is 2.09 bits per heavy atom. The van der Waals surface area contributed by atoms with Crippen molar-refractivity contribution in [2.75, 3.05) is 13.1 Å². The minimum absolute atomic E-state index is 0.171. The molecule has 2 heterocycles. The van der Waals surface area contributed by atoms with Crippen LogP contribution in [0.4, 0.5) is 0 Å². The van der Waals surface area contributed by atoms with Gasteiger partial charge in [-0.1, -0.05) is 0 Å². The van der Waals surface area contributed by atoms with E-state index in [1.165, 1.54) is 11.1 Å². The second kappa shape index (κ2) is 5.76. The molecule has 22 heavy (non-hydrogen) atoms. The molecule has 1 aromatic carbocycles. The van der Waals surface area contributed by atoms with Crippen molar-refractivity contribution in [3.05, 3.63) is 35.1 Å². The lowest BCUT2D eigenvalue weighted by molar-refractivity contribution is -0.131. The fourth-order valence-electron chi connectivity index (χ4n) is 3.40. The number of carbonyl (C=O) groups excluding carboxylic acids is 1. The van der Waals surface area contributed by atoms with Crippen LogP contribution in [-0.4, -0.2) is 29.9 Å². The van der Waals surface area contributed by atoms with Crippen LogP contribution in [0, 0.1) is 19.8 Å². The number of hydrogen-bond acceptors (Lipinski definition) is 3. The van der Waals surface area contributed by atoms with Crippen LogP contribution in [-0.2, 0) is 11.2 Å². The molecule has 0 saturated carbocycles. The zero-order valence-corrected chi connectivity index (χ0v) is 13.6. The van der Waals surface area contributed by atoms with E-state index in [2.05, 4.69) is 26.8 Å². The first-order valence-electron chi connectivity index (χ1n) is 7.96. The van der Waals surface area contributed by atoms with Crippen molar-refractivity contribution in [2.45, 2.75) is 39.7 Å². The van der Waals surface area contributed by atoms with E-state index in [0.717, 1.165) is 29.5 Å². The molecular weight excluding hydrogens is 276 g/mol. The van der Waals surface area contributed by atoms with Crippen LogP contribution < -0.4 is 5.73 Å². The minimum Gasteiger partial charge on any atom is -0.464 e. The Labute approximate surface area is 131 Å². The van der Waals surface area contributed by atoms with E-state index in [0.29, 0.717) is 18.9 Å². The van der Waals surface area contributed by atoms with Crippen molar-refractivity contribution >= 4 is 16.9 Å². The molecule has 3 rings (SSSR count). The Balaban J connectivity index is 1.81. The van der Waals surface area contributed by atoms with E-state index < -0.39 is 0 Å². The van der Waals surface area contributed by atoms with E-state index >= 15 is 0 Å². The molecule has 0 spiro atoms. The van der Waals surface area contributed by atoms with Crippen molar-refractivity contribution < 1.29 is 9.21 Å². The first-order valence-corrected chi connectivity index (χ1v) is 7.96. The van der Waals surface area contributed by atoms with Gasteiger partial charge in [0, 0.05) is 23.5 Å². The standard InChI is InChI=1S/C18H24N2O2/c1-11-4-16-15(10-22-17(16)5-12(11)2)7-18(21)20-9-14(8-19)6-13(20)3/h4-5,10,13-14H,6-9,19H2,1-3H3. The molecule has 4 nitrogen and oxygen atoms in total. The van der Waals surface area contributed by atoms with E-state index in [1.807, 2.05) is 11.0 Å². The molecule has 4 heteroatoms. The highest BCUT2D eigenvalue weighted by Crippen LogP contribution is 2.27. The number of hydrogen-bond donors (Lipinski definition) is 1. The normalized spacial score (nSPS) is 21.7. The molecule has 1 amide bonds. The highest BCUT2D eigenvalue weighted by molar-refractivity contribution is 5.88. The van der Waals surface area contributed by atoms with E-state index in [4.69, 9.17) is 10.2 Å². The number of furan rings is 1. The number of nitrogens with two attached hydrogens (primary N) is 1. The van der Waals surface area contributed by atoms with Gasteiger partial charge >= 0.3 is 0 Å². The van der Waals surface area contributed by atoms with Gasteiger partial charge in [0.1, 0.15) is 5.58 Å². The third-order valence-corrected chi connectivity index (χ3v) is 4.93. The van der Waals surface area contributed by atoms with Gasteiger partial charge in [-0.2, -0.15) is 0 Å². The maximum Gasteiger partial charge on any atom is 0.227 e. The van der Waals surface area contributed by atoms with Crippen molar-refractivity contribution in [1.29, 1.82) is 0 Å². The van der Waals surface area contributed by atoms with Crippen LogP contribution in [0.5, 0.6) is 0 Å². The lowest BCUT2D eigenvalue weighted by Crippen LogP contribution is -2.35. The first kappa shape index (κ1) is 15.1. The molecule has 1 aromatic heterocycles. The summed E-state index contributed by atoms with van der Waals surface area (Å²) in [6.07, 6.45) is 3.13. The summed E-state index contributed by atoms with van der Waals surface area (Å²) < 4.78 is 5.63. The zero-order chi connectivity index (χ0) is 15.9. The van der Waals surface area contributed by atoms with E-state index in [9.17, 15) is 4.79 Å². The van der Waals surface area contributed by atoms with Crippen LogP contribution in [0.15, 0.2) is 22.8 Å². The van der Waals surface area contributed by atoms with Crippen molar-refractivity contribution in [2.24, 2.45) is 11.7 Å². The average molecular weight is 300 g/mol. The van der Waals surface area contributed by atoms with Crippen LogP contribution in [0.1, 0.15) is 30.0 Å². The highest BCUT2D eigenvalue weighted by atomic mass is 16.3. The maximum atomic E-state index is 12.6. The number of carbonyl (C=O) groups is 1. The third kappa shape index (κ3) is 2.63. The molecule has 2 N–H and O–H groups in total. The first-order chi connectivity index (χ1) is 10.5. The molecule has 2 atom stereocenters. The number of likely N-dealkylation sites (tertiary alicyclic amines) is 1. The van der Waals surface area contributed by atoms with Gasteiger partial charge in [-0.3, -0.25) is 4.79 Å².